The normalized spacial score (nSPS) is 19.1. The van der Waals surface area contributed by atoms with Crippen molar-refractivity contribution in [2.75, 3.05) is 26.2 Å². The molecule has 0 bridgehead atoms. The van der Waals surface area contributed by atoms with Crippen LogP contribution in [0.3, 0.4) is 0 Å². The highest BCUT2D eigenvalue weighted by atomic mass is 16.3. The largest absolute Gasteiger partial charge is 0.395 e. The number of aliphatic hydroxyl groups excluding tert-OH is 1. The fraction of sp³-hybridized carbons (Fsp3) is 0.611. The summed E-state index contributed by atoms with van der Waals surface area (Å²) < 4.78 is 0. The van der Waals surface area contributed by atoms with Gasteiger partial charge in [-0.2, -0.15) is 0 Å². The van der Waals surface area contributed by atoms with E-state index in [4.69, 9.17) is 0 Å². The highest BCUT2D eigenvalue weighted by Crippen LogP contribution is 2.16. The molecular formula is C18H28N2O2. The number of benzene rings is 1. The lowest BCUT2D eigenvalue weighted by atomic mass is 10.0. The predicted octanol–water partition coefficient (Wildman–Crippen LogP) is 1.89. The Kier molecular flexibility index (Phi) is 6.87. The van der Waals surface area contributed by atoms with Gasteiger partial charge in [0.25, 0.3) is 0 Å². The van der Waals surface area contributed by atoms with E-state index >= 15 is 0 Å². The van der Waals surface area contributed by atoms with Crippen LogP contribution in [0.2, 0.25) is 0 Å². The topological polar surface area (TPSA) is 52.6 Å². The van der Waals surface area contributed by atoms with Crippen molar-refractivity contribution in [2.45, 2.75) is 45.1 Å². The van der Waals surface area contributed by atoms with Crippen LogP contribution in [0.25, 0.3) is 0 Å². The van der Waals surface area contributed by atoms with Crippen LogP contribution in [0.5, 0.6) is 0 Å². The number of carbonyl (C=O) groups is 1. The number of hydrogen-bond acceptors (Lipinski definition) is 3. The number of rotatable bonds is 7. The van der Waals surface area contributed by atoms with Crippen LogP contribution in [-0.2, 0) is 11.2 Å². The first kappa shape index (κ1) is 17.0. The van der Waals surface area contributed by atoms with Crippen LogP contribution in [0.4, 0.5) is 0 Å². The van der Waals surface area contributed by atoms with Crippen molar-refractivity contribution >= 4 is 5.91 Å². The van der Waals surface area contributed by atoms with Crippen molar-refractivity contribution in [3.05, 3.63) is 35.4 Å². The maximum Gasteiger partial charge on any atom is 0.224 e. The minimum absolute atomic E-state index is 0.0895. The van der Waals surface area contributed by atoms with Crippen molar-refractivity contribution in [3.63, 3.8) is 0 Å². The monoisotopic (exact) mass is 304 g/mol. The van der Waals surface area contributed by atoms with E-state index in [0.29, 0.717) is 19.0 Å². The fourth-order valence-electron chi connectivity index (χ4n) is 3.12. The quantitative estimate of drug-likeness (QED) is 0.756. The Balaban J connectivity index is 1.66. The van der Waals surface area contributed by atoms with Crippen LogP contribution < -0.4 is 5.32 Å². The molecule has 1 heterocycles. The highest BCUT2D eigenvalue weighted by molar-refractivity contribution is 5.78. The number of nitrogens with one attached hydrogen (secondary N) is 1. The molecule has 2 N–H and O–H groups in total. The number of hydrogen-bond donors (Lipinski definition) is 2. The molecule has 1 aliphatic rings. The second-order valence-electron chi connectivity index (χ2n) is 6.17. The minimum atomic E-state index is 0.0895. The van der Waals surface area contributed by atoms with Crippen molar-refractivity contribution in [2.24, 2.45) is 0 Å². The number of aliphatic hydroxyl groups is 1. The van der Waals surface area contributed by atoms with Crippen LogP contribution >= 0.6 is 0 Å². The highest BCUT2D eigenvalue weighted by Gasteiger charge is 2.20. The Hall–Kier alpha value is -1.39. The van der Waals surface area contributed by atoms with E-state index in [2.05, 4.69) is 10.2 Å². The Morgan fingerprint density at radius 3 is 2.95 bits per heavy atom. The average Bonchev–Trinajstić information content (AvgIpc) is 2.54. The summed E-state index contributed by atoms with van der Waals surface area (Å²) in [6.45, 7) is 5.02. The molecule has 22 heavy (non-hydrogen) atoms. The lowest BCUT2D eigenvalue weighted by Gasteiger charge is -2.34. The van der Waals surface area contributed by atoms with Gasteiger partial charge in [-0.1, -0.05) is 30.7 Å². The fourth-order valence-corrected chi connectivity index (χ4v) is 3.12. The summed E-state index contributed by atoms with van der Waals surface area (Å²) in [5.41, 5.74) is 2.26. The van der Waals surface area contributed by atoms with E-state index < -0.39 is 0 Å². The summed E-state index contributed by atoms with van der Waals surface area (Å²) in [7, 11) is 0. The molecule has 1 aromatic rings. The second-order valence-corrected chi connectivity index (χ2v) is 6.17. The van der Waals surface area contributed by atoms with Gasteiger partial charge in [0.2, 0.25) is 5.91 Å². The molecule has 0 radical (unpaired) electrons. The van der Waals surface area contributed by atoms with Crippen LogP contribution in [0.1, 0.15) is 36.8 Å². The van der Waals surface area contributed by atoms with Gasteiger partial charge < -0.3 is 10.4 Å². The van der Waals surface area contributed by atoms with Crippen molar-refractivity contribution in [1.82, 2.24) is 10.2 Å². The molecule has 4 nitrogen and oxygen atoms in total. The molecule has 1 unspecified atom stereocenters. The molecule has 1 aromatic carbocycles. The van der Waals surface area contributed by atoms with Crippen LogP contribution in [-0.4, -0.2) is 48.2 Å². The Morgan fingerprint density at radius 2 is 2.18 bits per heavy atom. The lowest BCUT2D eigenvalue weighted by Crippen LogP contribution is -2.43. The van der Waals surface area contributed by atoms with E-state index in [-0.39, 0.29) is 12.5 Å². The summed E-state index contributed by atoms with van der Waals surface area (Å²) in [5, 5.41) is 12.4. The summed E-state index contributed by atoms with van der Waals surface area (Å²) >= 11 is 0. The third-order valence-electron chi connectivity index (χ3n) is 4.52. The molecule has 1 aliphatic heterocycles. The molecule has 0 saturated carbocycles. The van der Waals surface area contributed by atoms with Gasteiger partial charge in [0.05, 0.1) is 13.0 Å². The molecule has 0 aromatic heterocycles. The van der Waals surface area contributed by atoms with Gasteiger partial charge in [-0.05, 0) is 43.9 Å². The summed E-state index contributed by atoms with van der Waals surface area (Å²) in [5.74, 6) is 0.0895. The number of likely N-dealkylation sites (tertiary alicyclic amines) is 1. The zero-order valence-electron chi connectivity index (χ0n) is 13.6. The van der Waals surface area contributed by atoms with Crippen LogP contribution in [0, 0.1) is 6.92 Å². The first-order valence-electron chi connectivity index (χ1n) is 8.37. The van der Waals surface area contributed by atoms with Crippen molar-refractivity contribution in [1.29, 1.82) is 0 Å². The van der Waals surface area contributed by atoms with Gasteiger partial charge in [-0.3, -0.25) is 9.69 Å². The minimum Gasteiger partial charge on any atom is -0.395 e. The zero-order chi connectivity index (χ0) is 15.8. The smallest absolute Gasteiger partial charge is 0.224 e. The van der Waals surface area contributed by atoms with Gasteiger partial charge in [-0.15, -0.1) is 0 Å². The van der Waals surface area contributed by atoms with Crippen LogP contribution in [0.15, 0.2) is 24.3 Å². The van der Waals surface area contributed by atoms with E-state index in [0.717, 1.165) is 37.1 Å². The third kappa shape index (κ3) is 5.11. The average molecular weight is 304 g/mol. The Morgan fingerprint density at radius 1 is 1.36 bits per heavy atom. The standard InChI is InChI=1S/C18H28N2O2/c1-15-7-2-3-8-16(15)13-18(22)19-10-6-12-20-11-5-4-9-17(20)14-21/h2-3,7-8,17,21H,4-6,9-14H2,1H3,(H,19,22). The molecule has 1 saturated heterocycles. The first-order chi connectivity index (χ1) is 10.7. The maximum atomic E-state index is 12.0. The Bertz CT molecular complexity index is 476. The molecule has 1 fully saturated rings. The molecule has 1 atom stereocenters. The van der Waals surface area contributed by atoms with Gasteiger partial charge in [0, 0.05) is 19.1 Å². The van der Waals surface area contributed by atoms with Gasteiger partial charge in [0.1, 0.15) is 0 Å². The third-order valence-corrected chi connectivity index (χ3v) is 4.52. The molecule has 4 heteroatoms. The number of carbonyl (C=O) groups excluding carboxylic acids is 1. The molecule has 0 aliphatic carbocycles. The van der Waals surface area contributed by atoms with E-state index in [1.165, 1.54) is 12.8 Å². The lowest BCUT2D eigenvalue weighted by molar-refractivity contribution is -0.120. The maximum absolute atomic E-state index is 12.0. The van der Waals surface area contributed by atoms with Crippen molar-refractivity contribution in [3.8, 4) is 0 Å². The number of nitrogens with zero attached hydrogens (tertiary/aromatic N) is 1. The molecule has 1 amide bonds. The van der Waals surface area contributed by atoms with Gasteiger partial charge >= 0.3 is 0 Å². The summed E-state index contributed by atoms with van der Waals surface area (Å²) in [6, 6.07) is 8.33. The first-order valence-corrected chi connectivity index (χ1v) is 8.37. The molecular weight excluding hydrogens is 276 g/mol. The molecule has 0 spiro atoms. The van der Waals surface area contributed by atoms with Gasteiger partial charge in [-0.25, -0.2) is 0 Å². The number of aryl methyl sites for hydroxylation is 1. The Labute approximate surface area is 133 Å². The zero-order valence-corrected chi connectivity index (χ0v) is 13.6. The predicted molar refractivity (Wildman–Crippen MR) is 88.8 cm³/mol. The molecule has 122 valence electrons. The SMILES string of the molecule is Cc1ccccc1CC(=O)NCCCN1CCCCC1CO. The van der Waals surface area contributed by atoms with Gasteiger partial charge in [0.15, 0.2) is 0 Å². The van der Waals surface area contributed by atoms with Crippen molar-refractivity contribution < 1.29 is 9.90 Å². The summed E-state index contributed by atoms with van der Waals surface area (Å²) in [4.78, 5) is 14.3. The summed E-state index contributed by atoms with van der Waals surface area (Å²) in [6.07, 6.45) is 4.92. The van der Waals surface area contributed by atoms with E-state index in [1.807, 2.05) is 31.2 Å². The number of amides is 1. The van der Waals surface area contributed by atoms with E-state index in [9.17, 15) is 9.90 Å². The number of piperidine rings is 1. The molecule has 2 rings (SSSR count). The second kappa shape index (κ2) is 8.91. The van der Waals surface area contributed by atoms with E-state index in [1.54, 1.807) is 0 Å².